The van der Waals surface area contributed by atoms with Crippen LogP contribution < -0.4 is 0 Å². The fraction of sp³-hybridized carbons (Fsp3) is 0.353. The molecular formula is C17H20ClNO2. The summed E-state index contributed by atoms with van der Waals surface area (Å²) >= 11 is 6.20. The van der Waals surface area contributed by atoms with Crippen molar-refractivity contribution in [3.8, 4) is 0 Å². The van der Waals surface area contributed by atoms with E-state index in [1.54, 1.807) is 0 Å². The van der Waals surface area contributed by atoms with Crippen LogP contribution in [0.3, 0.4) is 0 Å². The average Bonchev–Trinajstić information content (AvgIpc) is 2.35. The second-order valence-electron chi connectivity index (χ2n) is 6.22. The zero-order chi connectivity index (χ0) is 15.8. The molecule has 2 aromatic rings. The zero-order valence-electron chi connectivity index (χ0n) is 12.7. The first kappa shape index (κ1) is 15.6. The molecule has 1 atom stereocenters. The van der Waals surface area contributed by atoms with Crippen LogP contribution in [0.1, 0.15) is 39.3 Å². The molecule has 112 valence electrons. The Bertz CT molecular complexity index is 676. The standard InChI is InChI=1S/C17H20ClNO2/c1-11(19(16(20)21)17(2,3)4)15-10-13(18)9-12-7-5-6-8-14(12)15/h5-11H,1-4H3,(H,20,21). The Morgan fingerprint density at radius 2 is 1.86 bits per heavy atom. The van der Waals surface area contributed by atoms with Crippen LogP contribution >= 0.6 is 11.6 Å². The molecule has 21 heavy (non-hydrogen) atoms. The van der Waals surface area contributed by atoms with E-state index in [0.717, 1.165) is 16.3 Å². The average molecular weight is 306 g/mol. The van der Waals surface area contributed by atoms with Crippen molar-refractivity contribution in [2.24, 2.45) is 0 Å². The van der Waals surface area contributed by atoms with Gasteiger partial charge in [-0.3, -0.25) is 4.90 Å². The van der Waals surface area contributed by atoms with Crippen LogP contribution in [0.5, 0.6) is 0 Å². The van der Waals surface area contributed by atoms with E-state index in [1.807, 2.05) is 64.1 Å². The number of rotatable bonds is 2. The maximum atomic E-state index is 11.7. The molecule has 0 fully saturated rings. The lowest BCUT2D eigenvalue weighted by Crippen LogP contribution is -2.46. The molecular weight excluding hydrogens is 286 g/mol. The molecule has 1 amide bonds. The van der Waals surface area contributed by atoms with Gasteiger partial charge in [0.2, 0.25) is 0 Å². The number of fused-ring (bicyclic) bond motifs is 1. The number of hydrogen-bond donors (Lipinski definition) is 1. The second-order valence-corrected chi connectivity index (χ2v) is 6.65. The number of carboxylic acid groups (broad SMARTS) is 1. The highest BCUT2D eigenvalue weighted by molar-refractivity contribution is 6.31. The van der Waals surface area contributed by atoms with E-state index in [0.29, 0.717) is 5.02 Å². The Kier molecular flexibility index (Phi) is 4.15. The van der Waals surface area contributed by atoms with Gasteiger partial charge in [-0.25, -0.2) is 4.79 Å². The van der Waals surface area contributed by atoms with Crippen molar-refractivity contribution in [2.75, 3.05) is 0 Å². The van der Waals surface area contributed by atoms with Crippen molar-refractivity contribution in [1.29, 1.82) is 0 Å². The first-order chi connectivity index (χ1) is 9.71. The van der Waals surface area contributed by atoms with Crippen molar-refractivity contribution in [2.45, 2.75) is 39.3 Å². The van der Waals surface area contributed by atoms with Gasteiger partial charge in [-0.2, -0.15) is 0 Å². The lowest BCUT2D eigenvalue weighted by atomic mass is 9.95. The summed E-state index contributed by atoms with van der Waals surface area (Å²) in [6, 6.07) is 11.4. The summed E-state index contributed by atoms with van der Waals surface area (Å²) in [5, 5.41) is 12.2. The number of hydrogen-bond acceptors (Lipinski definition) is 1. The predicted molar refractivity (Wildman–Crippen MR) is 87.0 cm³/mol. The van der Waals surface area contributed by atoms with Gasteiger partial charge < -0.3 is 5.11 Å². The molecule has 0 aromatic heterocycles. The van der Waals surface area contributed by atoms with Gasteiger partial charge in [0.15, 0.2) is 0 Å². The summed E-state index contributed by atoms with van der Waals surface area (Å²) in [6.07, 6.45) is -0.931. The molecule has 1 unspecified atom stereocenters. The van der Waals surface area contributed by atoms with E-state index in [2.05, 4.69) is 0 Å². The monoisotopic (exact) mass is 305 g/mol. The highest BCUT2D eigenvalue weighted by Gasteiger charge is 2.32. The molecule has 0 saturated carbocycles. The molecule has 0 heterocycles. The normalized spacial score (nSPS) is 13.2. The van der Waals surface area contributed by atoms with Crippen LogP contribution in [-0.4, -0.2) is 21.6 Å². The van der Waals surface area contributed by atoms with Crippen LogP contribution in [0.4, 0.5) is 4.79 Å². The molecule has 0 saturated heterocycles. The van der Waals surface area contributed by atoms with Gasteiger partial charge in [0, 0.05) is 10.6 Å². The molecule has 0 spiro atoms. The summed E-state index contributed by atoms with van der Waals surface area (Å²) in [5.74, 6) is 0. The maximum absolute atomic E-state index is 11.7. The molecule has 0 aliphatic heterocycles. The Hall–Kier alpha value is -1.74. The first-order valence-electron chi connectivity index (χ1n) is 6.92. The Labute approximate surface area is 130 Å². The highest BCUT2D eigenvalue weighted by atomic mass is 35.5. The smallest absolute Gasteiger partial charge is 0.408 e. The van der Waals surface area contributed by atoms with Crippen LogP contribution in [0.25, 0.3) is 10.8 Å². The quantitative estimate of drug-likeness (QED) is 0.814. The lowest BCUT2D eigenvalue weighted by Gasteiger charge is -2.38. The first-order valence-corrected chi connectivity index (χ1v) is 7.30. The van der Waals surface area contributed by atoms with Gasteiger partial charge >= 0.3 is 6.09 Å². The maximum Gasteiger partial charge on any atom is 0.408 e. The minimum absolute atomic E-state index is 0.286. The lowest BCUT2D eigenvalue weighted by molar-refractivity contribution is 0.0757. The fourth-order valence-corrected chi connectivity index (χ4v) is 3.06. The predicted octanol–water partition coefficient (Wildman–Crippen LogP) is 5.33. The third kappa shape index (κ3) is 3.13. The molecule has 2 rings (SSSR count). The highest BCUT2D eigenvalue weighted by Crippen LogP contribution is 2.34. The number of amides is 1. The summed E-state index contributed by atoms with van der Waals surface area (Å²) in [4.78, 5) is 13.1. The summed E-state index contributed by atoms with van der Waals surface area (Å²) in [7, 11) is 0. The molecule has 0 radical (unpaired) electrons. The van der Waals surface area contributed by atoms with E-state index in [1.165, 1.54) is 4.90 Å². The summed E-state index contributed by atoms with van der Waals surface area (Å²) < 4.78 is 0. The largest absolute Gasteiger partial charge is 0.465 e. The molecule has 0 aliphatic carbocycles. The van der Waals surface area contributed by atoms with Gasteiger partial charge in [-0.15, -0.1) is 0 Å². The number of carbonyl (C=O) groups is 1. The number of halogens is 1. The van der Waals surface area contributed by atoms with Crippen LogP contribution in [0.15, 0.2) is 36.4 Å². The third-order valence-corrected chi connectivity index (χ3v) is 3.84. The van der Waals surface area contributed by atoms with Crippen molar-refractivity contribution in [3.63, 3.8) is 0 Å². The van der Waals surface area contributed by atoms with Crippen molar-refractivity contribution in [3.05, 3.63) is 47.0 Å². The van der Waals surface area contributed by atoms with E-state index >= 15 is 0 Å². The van der Waals surface area contributed by atoms with Crippen LogP contribution in [-0.2, 0) is 0 Å². The molecule has 0 aliphatic rings. The van der Waals surface area contributed by atoms with Crippen LogP contribution in [0, 0.1) is 0 Å². The van der Waals surface area contributed by atoms with E-state index < -0.39 is 11.6 Å². The summed E-state index contributed by atoms with van der Waals surface area (Å²) in [5.41, 5.74) is 0.435. The van der Waals surface area contributed by atoms with Crippen molar-refractivity contribution in [1.82, 2.24) is 4.90 Å². The Morgan fingerprint density at radius 1 is 1.24 bits per heavy atom. The molecule has 2 aromatic carbocycles. The Balaban J connectivity index is 2.62. The second kappa shape index (κ2) is 5.57. The SMILES string of the molecule is CC(c1cc(Cl)cc2ccccc12)N(C(=O)O)C(C)(C)C. The van der Waals surface area contributed by atoms with E-state index in [4.69, 9.17) is 11.6 Å². The van der Waals surface area contributed by atoms with Gasteiger partial charge in [0.05, 0.1) is 6.04 Å². The molecule has 1 N–H and O–H groups in total. The molecule has 4 heteroatoms. The molecule has 0 bridgehead atoms. The zero-order valence-corrected chi connectivity index (χ0v) is 13.5. The van der Waals surface area contributed by atoms with Crippen molar-refractivity contribution >= 4 is 28.5 Å². The van der Waals surface area contributed by atoms with Gasteiger partial charge in [-0.05, 0) is 56.2 Å². The Morgan fingerprint density at radius 3 is 2.43 bits per heavy atom. The number of nitrogens with zero attached hydrogens (tertiary/aromatic N) is 1. The van der Waals surface area contributed by atoms with E-state index in [-0.39, 0.29) is 6.04 Å². The van der Waals surface area contributed by atoms with Gasteiger partial charge in [0.1, 0.15) is 0 Å². The van der Waals surface area contributed by atoms with Gasteiger partial charge in [-0.1, -0.05) is 35.9 Å². The third-order valence-electron chi connectivity index (χ3n) is 3.62. The van der Waals surface area contributed by atoms with Crippen molar-refractivity contribution < 1.29 is 9.90 Å². The molecule has 3 nitrogen and oxygen atoms in total. The fourth-order valence-electron chi connectivity index (χ4n) is 2.82. The van der Waals surface area contributed by atoms with E-state index in [9.17, 15) is 9.90 Å². The van der Waals surface area contributed by atoms with Crippen LogP contribution in [0.2, 0.25) is 5.02 Å². The number of benzene rings is 2. The van der Waals surface area contributed by atoms with Gasteiger partial charge in [0.25, 0.3) is 0 Å². The minimum atomic E-state index is -0.931. The summed E-state index contributed by atoms with van der Waals surface area (Å²) in [6.45, 7) is 7.58. The minimum Gasteiger partial charge on any atom is -0.465 e. The topological polar surface area (TPSA) is 40.5 Å².